The minimum absolute atomic E-state index is 0.159. The van der Waals surface area contributed by atoms with Crippen LogP contribution in [0.15, 0.2) is 62.4 Å². The SMILES string of the molecule is CC(=O)c1c(SCC2=CC=CCC=C2)[nH]c2c(Br)ccc(Cl)c2c1=O. The van der Waals surface area contributed by atoms with Crippen molar-refractivity contribution >= 4 is 56.0 Å². The number of H-pyrrole nitrogens is 1. The maximum Gasteiger partial charge on any atom is 0.202 e. The molecule has 3 rings (SSSR count). The van der Waals surface area contributed by atoms with Crippen LogP contribution in [0, 0.1) is 0 Å². The van der Waals surface area contributed by atoms with E-state index in [4.69, 9.17) is 11.6 Å². The van der Waals surface area contributed by atoms with Crippen LogP contribution in [0.25, 0.3) is 10.9 Å². The molecule has 0 fully saturated rings. The largest absolute Gasteiger partial charge is 0.348 e. The van der Waals surface area contributed by atoms with Gasteiger partial charge in [0.05, 0.1) is 26.5 Å². The number of pyridine rings is 1. The molecule has 6 heteroatoms. The van der Waals surface area contributed by atoms with Gasteiger partial charge in [-0.05, 0) is 47.0 Å². The topological polar surface area (TPSA) is 49.9 Å². The predicted octanol–water partition coefficient (Wildman–Crippen LogP) is 5.68. The van der Waals surface area contributed by atoms with E-state index < -0.39 is 0 Å². The van der Waals surface area contributed by atoms with Crippen molar-refractivity contribution in [1.82, 2.24) is 4.98 Å². The Kier molecular flexibility index (Phi) is 5.67. The zero-order valence-corrected chi connectivity index (χ0v) is 16.6. The first kappa shape index (κ1) is 18.2. The average molecular weight is 437 g/mol. The Labute approximate surface area is 163 Å². The fourth-order valence-corrected chi connectivity index (χ4v) is 4.33. The highest BCUT2D eigenvalue weighted by Gasteiger charge is 2.19. The number of nitrogens with one attached hydrogen (secondary N) is 1. The van der Waals surface area contributed by atoms with E-state index in [1.54, 1.807) is 12.1 Å². The van der Waals surface area contributed by atoms with Crippen LogP contribution in [-0.4, -0.2) is 16.5 Å². The average Bonchev–Trinajstić information content (AvgIpc) is 2.84. The van der Waals surface area contributed by atoms with Gasteiger partial charge in [0, 0.05) is 10.2 Å². The lowest BCUT2D eigenvalue weighted by Gasteiger charge is -2.11. The van der Waals surface area contributed by atoms with Crippen LogP contribution >= 0.6 is 39.3 Å². The Hall–Kier alpha value is -1.56. The van der Waals surface area contributed by atoms with E-state index >= 15 is 0 Å². The van der Waals surface area contributed by atoms with Crippen LogP contribution in [0.2, 0.25) is 5.02 Å². The molecule has 1 aliphatic carbocycles. The van der Waals surface area contributed by atoms with Gasteiger partial charge in [-0.15, -0.1) is 11.8 Å². The summed E-state index contributed by atoms with van der Waals surface area (Å²) in [6, 6.07) is 3.43. The fraction of sp³-hybridized carbons (Fsp3) is 0.158. The lowest BCUT2D eigenvalue weighted by molar-refractivity contribution is 0.101. The number of aromatic amines is 1. The minimum Gasteiger partial charge on any atom is -0.348 e. The summed E-state index contributed by atoms with van der Waals surface area (Å²) in [5.74, 6) is 0.382. The molecule has 128 valence electrons. The van der Waals surface area contributed by atoms with E-state index in [1.165, 1.54) is 18.7 Å². The number of carbonyl (C=O) groups excluding carboxylic acids is 1. The van der Waals surface area contributed by atoms with Crippen LogP contribution in [0.5, 0.6) is 0 Å². The standard InChI is InChI=1S/C19H15BrClNO2S/c1-11(23)15-18(24)16-14(21)9-8-13(20)17(16)22-19(15)25-10-12-6-4-2-3-5-7-12/h2,4-9H,3,10H2,1H3,(H,22,24). The van der Waals surface area contributed by atoms with E-state index in [1.807, 2.05) is 12.2 Å². The molecule has 1 aliphatic rings. The third-order valence-corrected chi connectivity index (χ3v) is 5.86. The van der Waals surface area contributed by atoms with Gasteiger partial charge >= 0.3 is 0 Å². The predicted molar refractivity (Wildman–Crippen MR) is 109 cm³/mol. The molecule has 0 aliphatic heterocycles. The van der Waals surface area contributed by atoms with Gasteiger partial charge in [-0.3, -0.25) is 9.59 Å². The van der Waals surface area contributed by atoms with Crippen LogP contribution in [0.1, 0.15) is 23.7 Å². The van der Waals surface area contributed by atoms with Crippen molar-refractivity contribution < 1.29 is 4.79 Å². The van der Waals surface area contributed by atoms with Crippen molar-refractivity contribution in [2.24, 2.45) is 0 Å². The molecular formula is C19H15BrClNO2S. The van der Waals surface area contributed by atoms with Gasteiger partial charge in [-0.2, -0.15) is 0 Å². The summed E-state index contributed by atoms with van der Waals surface area (Å²) < 4.78 is 0.734. The molecule has 0 saturated heterocycles. The third-order valence-electron chi connectivity index (χ3n) is 3.81. The third kappa shape index (κ3) is 3.84. The number of rotatable bonds is 4. The number of allylic oxidation sites excluding steroid dienone is 5. The molecule has 1 heterocycles. The molecule has 0 atom stereocenters. The van der Waals surface area contributed by atoms with E-state index in [0.717, 1.165) is 16.5 Å². The summed E-state index contributed by atoms with van der Waals surface area (Å²) in [5, 5.41) is 1.23. The van der Waals surface area contributed by atoms with Gasteiger partial charge in [0.1, 0.15) is 0 Å². The molecule has 0 radical (unpaired) electrons. The van der Waals surface area contributed by atoms with Crippen LogP contribution in [0.3, 0.4) is 0 Å². The number of fused-ring (bicyclic) bond motifs is 1. The molecule has 1 N–H and O–H groups in total. The minimum atomic E-state index is -0.333. The van der Waals surface area contributed by atoms with E-state index in [2.05, 4.69) is 39.1 Å². The first-order valence-electron chi connectivity index (χ1n) is 7.69. The van der Waals surface area contributed by atoms with Crippen LogP contribution < -0.4 is 5.43 Å². The van der Waals surface area contributed by atoms with Gasteiger partial charge in [0.15, 0.2) is 5.78 Å². The highest BCUT2D eigenvalue weighted by Crippen LogP contribution is 2.31. The number of ketones is 1. The van der Waals surface area contributed by atoms with Crippen molar-refractivity contribution in [2.75, 3.05) is 5.75 Å². The lowest BCUT2D eigenvalue weighted by atomic mass is 10.1. The Morgan fingerprint density at radius 1 is 1.36 bits per heavy atom. The van der Waals surface area contributed by atoms with Crippen molar-refractivity contribution in [2.45, 2.75) is 18.4 Å². The number of thioether (sulfide) groups is 1. The maximum absolute atomic E-state index is 12.9. The zero-order chi connectivity index (χ0) is 18.0. The second-order valence-electron chi connectivity index (χ2n) is 5.59. The van der Waals surface area contributed by atoms with E-state index in [9.17, 15) is 9.59 Å². The van der Waals surface area contributed by atoms with Gasteiger partial charge in [0.25, 0.3) is 0 Å². The fourth-order valence-electron chi connectivity index (χ4n) is 2.60. The van der Waals surface area contributed by atoms with E-state index in [-0.39, 0.29) is 16.8 Å². The van der Waals surface area contributed by atoms with E-state index in [0.29, 0.717) is 26.7 Å². The Bertz CT molecular complexity index is 1000. The summed E-state index contributed by atoms with van der Waals surface area (Å²) in [6.45, 7) is 1.40. The summed E-state index contributed by atoms with van der Waals surface area (Å²) in [4.78, 5) is 28.2. The Morgan fingerprint density at radius 2 is 2.16 bits per heavy atom. The number of carbonyl (C=O) groups is 1. The maximum atomic E-state index is 12.9. The second-order valence-corrected chi connectivity index (χ2v) is 7.84. The van der Waals surface area contributed by atoms with Crippen molar-refractivity contribution in [3.63, 3.8) is 0 Å². The molecule has 0 unspecified atom stereocenters. The molecule has 2 aromatic rings. The number of halogens is 2. The summed E-state index contributed by atoms with van der Waals surface area (Å²) in [7, 11) is 0. The molecule has 0 amide bonds. The lowest BCUT2D eigenvalue weighted by Crippen LogP contribution is -2.17. The van der Waals surface area contributed by atoms with Gasteiger partial charge in [0.2, 0.25) is 5.43 Å². The quantitative estimate of drug-likeness (QED) is 0.495. The number of aromatic nitrogens is 1. The molecule has 0 bridgehead atoms. The molecule has 0 saturated carbocycles. The number of Topliss-reactive ketones (excluding diaryl/α,β-unsaturated/α-hetero) is 1. The molecule has 1 aromatic heterocycles. The van der Waals surface area contributed by atoms with Gasteiger partial charge in [-0.25, -0.2) is 0 Å². The molecular weight excluding hydrogens is 422 g/mol. The van der Waals surface area contributed by atoms with Gasteiger partial charge in [-0.1, -0.05) is 42.0 Å². The number of hydrogen-bond acceptors (Lipinski definition) is 3. The summed E-state index contributed by atoms with van der Waals surface area (Å²) in [5.41, 5.74) is 1.56. The monoisotopic (exact) mass is 435 g/mol. The first-order valence-corrected chi connectivity index (χ1v) is 9.84. The highest BCUT2D eigenvalue weighted by atomic mass is 79.9. The van der Waals surface area contributed by atoms with Crippen LogP contribution in [-0.2, 0) is 0 Å². The molecule has 3 nitrogen and oxygen atoms in total. The van der Waals surface area contributed by atoms with Crippen molar-refractivity contribution in [3.05, 3.63) is 73.4 Å². The Balaban J connectivity index is 2.10. The normalized spacial score (nSPS) is 13.8. The number of benzene rings is 1. The van der Waals surface area contributed by atoms with Crippen LogP contribution in [0.4, 0.5) is 0 Å². The second kappa shape index (κ2) is 7.77. The Morgan fingerprint density at radius 3 is 2.92 bits per heavy atom. The smallest absolute Gasteiger partial charge is 0.202 e. The highest BCUT2D eigenvalue weighted by molar-refractivity contribution is 9.10. The van der Waals surface area contributed by atoms with Crippen molar-refractivity contribution in [3.8, 4) is 0 Å². The number of hydrogen-bond donors (Lipinski definition) is 1. The molecule has 0 spiro atoms. The zero-order valence-electron chi connectivity index (χ0n) is 13.4. The molecule has 1 aromatic carbocycles. The summed E-state index contributed by atoms with van der Waals surface area (Å²) in [6.07, 6.45) is 11.2. The summed E-state index contributed by atoms with van der Waals surface area (Å²) >= 11 is 11.1. The molecule has 25 heavy (non-hydrogen) atoms. The van der Waals surface area contributed by atoms with Gasteiger partial charge < -0.3 is 4.98 Å². The first-order chi connectivity index (χ1) is 12.0. The van der Waals surface area contributed by atoms with Crippen molar-refractivity contribution in [1.29, 1.82) is 0 Å².